The van der Waals surface area contributed by atoms with Crippen LogP contribution in [-0.2, 0) is 10.3 Å². The van der Waals surface area contributed by atoms with E-state index in [1.807, 2.05) is 0 Å². The molecule has 1 aromatic rings. The maximum atomic E-state index is 12.2. The van der Waals surface area contributed by atoms with E-state index in [1.165, 1.54) is 0 Å². The number of nitrogens with one attached hydrogen (secondary N) is 2. The maximum absolute atomic E-state index is 12.2. The summed E-state index contributed by atoms with van der Waals surface area (Å²) in [6.45, 7) is 0. The summed E-state index contributed by atoms with van der Waals surface area (Å²) in [6, 6.07) is 5.30. The number of carboxylic acid groups (broad SMARTS) is 1. The average molecular weight is 355 g/mol. The number of anilines is 1. The molecule has 2 aliphatic carbocycles. The van der Waals surface area contributed by atoms with E-state index in [0.717, 1.165) is 37.7 Å². The highest BCUT2D eigenvalue weighted by Gasteiger charge is 2.45. The van der Waals surface area contributed by atoms with E-state index in [4.69, 9.17) is 9.84 Å². The number of amides is 2. The highest BCUT2D eigenvalue weighted by molar-refractivity contribution is 5.96. The zero-order valence-electron chi connectivity index (χ0n) is 14.4. The molecule has 1 heterocycles. The van der Waals surface area contributed by atoms with Crippen molar-refractivity contribution in [3.8, 4) is 11.8 Å². The molecule has 1 aliphatic heterocycles. The Morgan fingerprint density at radius 1 is 1.27 bits per heavy atom. The van der Waals surface area contributed by atoms with E-state index in [-0.39, 0.29) is 18.1 Å². The van der Waals surface area contributed by atoms with Gasteiger partial charge in [0.1, 0.15) is 17.9 Å². The number of carbonyl (C=O) groups is 2. The number of nitriles is 1. The van der Waals surface area contributed by atoms with Gasteiger partial charge >= 0.3 is 12.0 Å². The Morgan fingerprint density at radius 3 is 2.65 bits per heavy atom. The molecule has 136 valence electrons. The molecule has 2 fully saturated rings. The van der Waals surface area contributed by atoms with Crippen molar-refractivity contribution < 1.29 is 19.4 Å². The van der Waals surface area contributed by atoms with Crippen LogP contribution in [-0.4, -0.2) is 23.2 Å². The number of benzene rings is 1. The van der Waals surface area contributed by atoms with Gasteiger partial charge in [-0.3, -0.25) is 4.79 Å². The number of ether oxygens (including phenoxy) is 1. The molecule has 0 bridgehead atoms. The van der Waals surface area contributed by atoms with E-state index < -0.39 is 11.5 Å². The van der Waals surface area contributed by atoms with Gasteiger partial charge in [0.25, 0.3) is 0 Å². The van der Waals surface area contributed by atoms with Gasteiger partial charge in [-0.1, -0.05) is 19.3 Å². The third-order valence-corrected chi connectivity index (χ3v) is 5.80. The Hall–Kier alpha value is -2.75. The van der Waals surface area contributed by atoms with Crippen molar-refractivity contribution in [2.24, 2.45) is 5.92 Å². The molecular weight excluding hydrogens is 334 g/mol. The SMILES string of the molecule is N#Cc1ccc(OC2CC(C(=O)O)C2)c2c1NC(=O)NC21CCCCC1. The number of carboxylic acids is 1. The summed E-state index contributed by atoms with van der Waals surface area (Å²) in [5.41, 5.74) is 1.28. The Bertz CT molecular complexity index is 802. The molecule has 3 aliphatic rings. The van der Waals surface area contributed by atoms with Gasteiger partial charge in [-0.25, -0.2) is 4.79 Å². The molecule has 0 saturated heterocycles. The Morgan fingerprint density at radius 2 is 2.00 bits per heavy atom. The molecule has 7 heteroatoms. The fourth-order valence-corrected chi connectivity index (χ4v) is 4.38. The molecule has 2 amide bonds. The lowest BCUT2D eigenvalue weighted by Crippen LogP contribution is -2.53. The Balaban J connectivity index is 1.72. The van der Waals surface area contributed by atoms with E-state index in [1.54, 1.807) is 12.1 Å². The number of aliphatic carboxylic acids is 1. The maximum Gasteiger partial charge on any atom is 0.319 e. The second kappa shape index (κ2) is 6.20. The fraction of sp³-hybridized carbons (Fsp3) is 0.526. The molecule has 4 rings (SSSR count). The molecule has 7 nitrogen and oxygen atoms in total. The van der Waals surface area contributed by atoms with Crippen molar-refractivity contribution in [3.05, 3.63) is 23.3 Å². The second-order valence-electron chi connectivity index (χ2n) is 7.44. The standard InChI is InChI=1S/C19H21N3O4/c20-10-11-4-5-14(26-13-8-12(9-13)17(23)24)15-16(11)21-18(25)22-19(15)6-2-1-3-7-19/h4-5,12-13H,1-3,6-9H2,(H,23,24)(H2,21,22,25). The first-order chi connectivity index (χ1) is 12.5. The lowest BCUT2D eigenvalue weighted by Gasteiger charge is -2.44. The van der Waals surface area contributed by atoms with Gasteiger partial charge in [-0.2, -0.15) is 5.26 Å². The lowest BCUT2D eigenvalue weighted by atomic mass is 9.74. The predicted molar refractivity (Wildman–Crippen MR) is 92.9 cm³/mol. The average Bonchev–Trinajstić information content (AvgIpc) is 2.57. The molecule has 26 heavy (non-hydrogen) atoms. The van der Waals surface area contributed by atoms with Crippen LogP contribution in [0.15, 0.2) is 12.1 Å². The fourth-order valence-electron chi connectivity index (χ4n) is 4.38. The van der Waals surface area contributed by atoms with Crippen LogP contribution in [0.25, 0.3) is 0 Å². The topological polar surface area (TPSA) is 111 Å². The number of urea groups is 1. The molecule has 1 spiro atoms. The summed E-state index contributed by atoms with van der Waals surface area (Å²) in [5, 5.41) is 24.4. The second-order valence-corrected chi connectivity index (χ2v) is 7.44. The van der Waals surface area contributed by atoms with Gasteiger partial charge in [0.2, 0.25) is 0 Å². The summed E-state index contributed by atoms with van der Waals surface area (Å²) in [5.74, 6) is -0.498. The number of carbonyl (C=O) groups excluding carboxylic acids is 1. The van der Waals surface area contributed by atoms with Crippen molar-refractivity contribution in [3.63, 3.8) is 0 Å². The largest absolute Gasteiger partial charge is 0.490 e. The summed E-state index contributed by atoms with van der Waals surface area (Å²) in [4.78, 5) is 23.3. The van der Waals surface area contributed by atoms with E-state index in [9.17, 15) is 14.9 Å². The molecule has 0 unspecified atom stereocenters. The summed E-state index contributed by atoms with van der Waals surface area (Å²) in [6.07, 6.45) is 5.56. The van der Waals surface area contributed by atoms with E-state index >= 15 is 0 Å². The number of hydrogen-bond donors (Lipinski definition) is 3. The third-order valence-electron chi connectivity index (χ3n) is 5.80. The monoisotopic (exact) mass is 355 g/mol. The first-order valence-corrected chi connectivity index (χ1v) is 9.08. The minimum Gasteiger partial charge on any atom is -0.490 e. The minimum atomic E-state index is -0.788. The first kappa shape index (κ1) is 16.7. The molecular formula is C19H21N3O4. The smallest absolute Gasteiger partial charge is 0.319 e. The van der Waals surface area contributed by atoms with Crippen LogP contribution >= 0.6 is 0 Å². The van der Waals surface area contributed by atoms with Crippen molar-refractivity contribution in [2.75, 3.05) is 5.32 Å². The van der Waals surface area contributed by atoms with E-state index in [2.05, 4.69) is 16.7 Å². The van der Waals surface area contributed by atoms with Gasteiger partial charge in [0.05, 0.1) is 22.7 Å². The number of rotatable bonds is 3. The van der Waals surface area contributed by atoms with Crippen molar-refractivity contribution in [1.29, 1.82) is 5.26 Å². The predicted octanol–water partition coefficient (Wildman–Crippen LogP) is 3.09. The summed E-state index contributed by atoms with van der Waals surface area (Å²) in [7, 11) is 0. The van der Waals surface area contributed by atoms with Gasteiger partial charge in [-0.15, -0.1) is 0 Å². The van der Waals surface area contributed by atoms with Gasteiger partial charge in [0.15, 0.2) is 0 Å². The van der Waals surface area contributed by atoms with Crippen LogP contribution in [0, 0.1) is 17.2 Å². The number of nitrogens with zero attached hydrogens (tertiary/aromatic N) is 1. The van der Waals surface area contributed by atoms with Crippen LogP contribution < -0.4 is 15.4 Å². The Labute approximate surface area is 151 Å². The summed E-state index contributed by atoms with van der Waals surface area (Å²) < 4.78 is 6.13. The third kappa shape index (κ3) is 2.66. The highest BCUT2D eigenvalue weighted by atomic mass is 16.5. The highest BCUT2D eigenvalue weighted by Crippen LogP contribution is 2.49. The van der Waals surface area contributed by atoms with Gasteiger partial charge < -0.3 is 20.5 Å². The first-order valence-electron chi connectivity index (χ1n) is 9.08. The minimum absolute atomic E-state index is 0.147. The molecule has 0 aromatic heterocycles. The van der Waals surface area contributed by atoms with E-state index in [0.29, 0.717) is 29.8 Å². The van der Waals surface area contributed by atoms with Crippen LogP contribution in [0.3, 0.4) is 0 Å². The summed E-state index contributed by atoms with van der Waals surface area (Å²) >= 11 is 0. The van der Waals surface area contributed by atoms with Gasteiger partial charge in [-0.05, 0) is 37.8 Å². The van der Waals surface area contributed by atoms with Crippen molar-refractivity contribution in [2.45, 2.75) is 56.6 Å². The Kier molecular flexibility index (Phi) is 3.98. The van der Waals surface area contributed by atoms with Crippen molar-refractivity contribution in [1.82, 2.24) is 5.32 Å². The van der Waals surface area contributed by atoms with Gasteiger partial charge in [0, 0.05) is 5.56 Å². The van der Waals surface area contributed by atoms with Crippen molar-refractivity contribution >= 4 is 17.7 Å². The van der Waals surface area contributed by atoms with Crippen LogP contribution in [0.2, 0.25) is 0 Å². The zero-order valence-corrected chi connectivity index (χ0v) is 14.4. The molecule has 2 saturated carbocycles. The number of fused-ring (bicyclic) bond motifs is 2. The molecule has 0 atom stereocenters. The molecule has 1 aromatic carbocycles. The van der Waals surface area contributed by atoms with Crippen LogP contribution in [0.1, 0.15) is 56.1 Å². The zero-order chi connectivity index (χ0) is 18.3. The molecule has 3 N–H and O–H groups in total. The lowest BCUT2D eigenvalue weighted by molar-refractivity contribution is -0.148. The number of hydrogen-bond acceptors (Lipinski definition) is 4. The normalized spacial score (nSPS) is 25.9. The molecule has 0 radical (unpaired) electrons. The van der Waals surface area contributed by atoms with Crippen LogP contribution in [0.4, 0.5) is 10.5 Å². The van der Waals surface area contributed by atoms with Crippen LogP contribution in [0.5, 0.6) is 5.75 Å². The quantitative estimate of drug-likeness (QED) is 0.771.